The molecule has 1 heteroatoms. The summed E-state index contributed by atoms with van der Waals surface area (Å²) in [5.74, 6) is 0. The van der Waals surface area contributed by atoms with Crippen LogP contribution < -0.4 is 5.32 Å². The average molecular weight is 239 g/mol. The molecule has 0 saturated heterocycles. The smallest absolute Gasteiger partial charge is 0.0221 e. The van der Waals surface area contributed by atoms with Gasteiger partial charge in [-0.1, -0.05) is 70.9 Å². The highest BCUT2D eigenvalue weighted by molar-refractivity contribution is 4.89. The van der Waals surface area contributed by atoms with Gasteiger partial charge in [-0.05, 0) is 26.3 Å². The average Bonchev–Trinajstić information content (AvgIpc) is 2.34. The fourth-order valence-corrected chi connectivity index (χ4v) is 2.00. The molecular formula is C16H33N. The lowest BCUT2D eigenvalue weighted by atomic mass is 10.1. The summed E-state index contributed by atoms with van der Waals surface area (Å²) in [6, 6.07) is 0.541. The molecule has 1 nitrogen and oxygen atoms in total. The lowest BCUT2D eigenvalue weighted by Crippen LogP contribution is -2.24. The zero-order chi connectivity index (χ0) is 12.8. The second kappa shape index (κ2) is 13.8. The third-order valence-electron chi connectivity index (χ3n) is 3.16. The van der Waals surface area contributed by atoms with E-state index in [9.17, 15) is 0 Å². The van der Waals surface area contributed by atoms with Crippen LogP contribution in [-0.2, 0) is 0 Å². The monoisotopic (exact) mass is 239 g/mol. The van der Waals surface area contributed by atoms with Crippen molar-refractivity contribution in [3.05, 3.63) is 12.2 Å². The van der Waals surface area contributed by atoms with Crippen LogP contribution in [0.15, 0.2) is 12.2 Å². The molecule has 0 spiro atoms. The van der Waals surface area contributed by atoms with Gasteiger partial charge in [-0.15, -0.1) is 0 Å². The Labute approximate surface area is 109 Å². The molecule has 0 heterocycles. The van der Waals surface area contributed by atoms with Gasteiger partial charge < -0.3 is 5.32 Å². The van der Waals surface area contributed by atoms with E-state index in [1.165, 1.54) is 57.9 Å². The van der Waals surface area contributed by atoms with Crippen molar-refractivity contribution in [2.75, 3.05) is 6.54 Å². The highest BCUT2D eigenvalue weighted by atomic mass is 14.9. The summed E-state index contributed by atoms with van der Waals surface area (Å²) in [7, 11) is 0. The Bertz CT molecular complexity index is 163. The first-order valence-electron chi connectivity index (χ1n) is 7.71. The van der Waals surface area contributed by atoms with Gasteiger partial charge >= 0.3 is 0 Å². The first-order chi connectivity index (χ1) is 8.31. The Morgan fingerprint density at radius 2 is 1.47 bits per heavy atom. The molecule has 0 fully saturated rings. The molecule has 1 unspecified atom stereocenters. The molecule has 0 aliphatic carbocycles. The van der Waals surface area contributed by atoms with Crippen molar-refractivity contribution in [1.29, 1.82) is 0 Å². The first-order valence-corrected chi connectivity index (χ1v) is 7.71. The Kier molecular flexibility index (Phi) is 13.5. The topological polar surface area (TPSA) is 12.0 Å². The Morgan fingerprint density at radius 3 is 2.06 bits per heavy atom. The van der Waals surface area contributed by atoms with Crippen LogP contribution in [0.1, 0.15) is 78.6 Å². The van der Waals surface area contributed by atoms with Crippen LogP contribution in [0.25, 0.3) is 0 Å². The maximum atomic E-state index is 3.54. The molecule has 1 atom stereocenters. The van der Waals surface area contributed by atoms with Crippen LogP contribution in [-0.4, -0.2) is 12.6 Å². The highest BCUT2D eigenvalue weighted by Gasteiger charge is 1.95. The molecule has 0 radical (unpaired) electrons. The van der Waals surface area contributed by atoms with Crippen LogP contribution in [0.2, 0.25) is 0 Å². The number of hydrogen-bond acceptors (Lipinski definition) is 1. The molecule has 0 aromatic rings. The van der Waals surface area contributed by atoms with Gasteiger partial charge in [0.1, 0.15) is 0 Å². The molecule has 0 amide bonds. The van der Waals surface area contributed by atoms with Crippen LogP contribution in [0.3, 0.4) is 0 Å². The number of rotatable bonds is 12. The quantitative estimate of drug-likeness (QED) is 0.370. The minimum absolute atomic E-state index is 0.541. The van der Waals surface area contributed by atoms with Gasteiger partial charge in [-0.25, -0.2) is 0 Å². The molecule has 0 aromatic heterocycles. The summed E-state index contributed by atoms with van der Waals surface area (Å²) >= 11 is 0. The standard InChI is InChI=1S/C16H33N/c1-4-6-8-9-10-11-12-13-15-17-16(3)14-7-5-2/h7,14,16-17H,4-6,8-13,15H2,1-3H3. The molecule has 102 valence electrons. The van der Waals surface area contributed by atoms with Crippen molar-refractivity contribution in [3.63, 3.8) is 0 Å². The van der Waals surface area contributed by atoms with Crippen molar-refractivity contribution in [2.45, 2.75) is 84.6 Å². The van der Waals surface area contributed by atoms with E-state index in [1.54, 1.807) is 0 Å². The molecule has 0 saturated carbocycles. The van der Waals surface area contributed by atoms with Crippen molar-refractivity contribution >= 4 is 0 Å². The van der Waals surface area contributed by atoms with E-state index in [2.05, 4.69) is 38.2 Å². The van der Waals surface area contributed by atoms with Crippen molar-refractivity contribution in [3.8, 4) is 0 Å². The summed E-state index contributed by atoms with van der Waals surface area (Å²) in [6.07, 6.45) is 16.9. The third-order valence-corrected chi connectivity index (χ3v) is 3.16. The first kappa shape index (κ1) is 16.7. The Hall–Kier alpha value is -0.300. The van der Waals surface area contributed by atoms with Gasteiger partial charge in [0.25, 0.3) is 0 Å². The second-order valence-corrected chi connectivity index (χ2v) is 5.05. The van der Waals surface area contributed by atoms with E-state index in [0.29, 0.717) is 6.04 Å². The van der Waals surface area contributed by atoms with Gasteiger partial charge in [0.15, 0.2) is 0 Å². The predicted molar refractivity (Wildman–Crippen MR) is 79.5 cm³/mol. The van der Waals surface area contributed by atoms with E-state index in [-0.39, 0.29) is 0 Å². The zero-order valence-electron chi connectivity index (χ0n) is 12.3. The lowest BCUT2D eigenvalue weighted by Gasteiger charge is -2.09. The van der Waals surface area contributed by atoms with Gasteiger partial charge in [-0.2, -0.15) is 0 Å². The van der Waals surface area contributed by atoms with Crippen molar-refractivity contribution in [2.24, 2.45) is 0 Å². The molecule has 1 N–H and O–H groups in total. The minimum Gasteiger partial charge on any atom is -0.311 e. The molecule has 17 heavy (non-hydrogen) atoms. The summed E-state index contributed by atoms with van der Waals surface area (Å²) in [6.45, 7) is 7.86. The van der Waals surface area contributed by atoms with Crippen molar-refractivity contribution in [1.82, 2.24) is 5.32 Å². The Morgan fingerprint density at radius 1 is 0.882 bits per heavy atom. The highest BCUT2D eigenvalue weighted by Crippen LogP contribution is 2.07. The van der Waals surface area contributed by atoms with E-state index < -0.39 is 0 Å². The summed E-state index contributed by atoms with van der Waals surface area (Å²) in [5, 5.41) is 3.54. The molecule has 0 aliphatic heterocycles. The third kappa shape index (κ3) is 13.6. The SMILES string of the molecule is CCC=CC(C)NCCCCCCCCCC. The molecule has 0 bridgehead atoms. The summed E-state index contributed by atoms with van der Waals surface area (Å²) < 4.78 is 0. The van der Waals surface area contributed by atoms with E-state index in [1.807, 2.05) is 0 Å². The summed E-state index contributed by atoms with van der Waals surface area (Å²) in [4.78, 5) is 0. The van der Waals surface area contributed by atoms with Gasteiger partial charge in [0.05, 0.1) is 0 Å². The van der Waals surface area contributed by atoms with Crippen LogP contribution in [0, 0.1) is 0 Å². The van der Waals surface area contributed by atoms with Gasteiger partial charge in [0, 0.05) is 6.04 Å². The molecule has 0 aliphatic rings. The number of nitrogens with one attached hydrogen (secondary N) is 1. The summed E-state index contributed by atoms with van der Waals surface area (Å²) in [5.41, 5.74) is 0. The number of unbranched alkanes of at least 4 members (excludes halogenated alkanes) is 7. The maximum Gasteiger partial charge on any atom is 0.0221 e. The number of hydrogen-bond donors (Lipinski definition) is 1. The minimum atomic E-state index is 0.541. The van der Waals surface area contributed by atoms with Gasteiger partial charge in [0.2, 0.25) is 0 Å². The molecule has 0 rings (SSSR count). The molecule has 0 aromatic carbocycles. The van der Waals surface area contributed by atoms with Gasteiger partial charge in [-0.3, -0.25) is 0 Å². The number of allylic oxidation sites excluding steroid dienone is 1. The van der Waals surface area contributed by atoms with Crippen LogP contribution in [0.4, 0.5) is 0 Å². The largest absolute Gasteiger partial charge is 0.311 e. The van der Waals surface area contributed by atoms with E-state index in [0.717, 1.165) is 6.42 Å². The zero-order valence-corrected chi connectivity index (χ0v) is 12.3. The van der Waals surface area contributed by atoms with Crippen LogP contribution in [0.5, 0.6) is 0 Å². The van der Waals surface area contributed by atoms with E-state index in [4.69, 9.17) is 0 Å². The fraction of sp³-hybridized carbons (Fsp3) is 0.875. The Balaban J connectivity index is 3.10. The molecular weight excluding hydrogens is 206 g/mol. The van der Waals surface area contributed by atoms with Crippen LogP contribution >= 0.6 is 0 Å². The maximum absolute atomic E-state index is 3.54. The normalized spacial score (nSPS) is 13.4. The predicted octanol–water partition coefficient (Wildman–Crippen LogP) is 5.07. The van der Waals surface area contributed by atoms with Crippen molar-refractivity contribution < 1.29 is 0 Å². The lowest BCUT2D eigenvalue weighted by molar-refractivity contribution is 0.543. The van der Waals surface area contributed by atoms with E-state index >= 15 is 0 Å². The second-order valence-electron chi connectivity index (χ2n) is 5.05. The fourth-order valence-electron chi connectivity index (χ4n) is 2.00.